The third-order valence-corrected chi connectivity index (χ3v) is 7.48. The molecule has 0 bridgehead atoms. The summed E-state index contributed by atoms with van der Waals surface area (Å²) in [5.74, 6) is 0.620. The number of nitrogens with zero attached hydrogens (tertiary/aromatic N) is 5. The predicted octanol–water partition coefficient (Wildman–Crippen LogP) is 2.38. The Labute approximate surface area is 178 Å². The number of imidazole rings is 1. The molecule has 4 heterocycles. The first-order valence-electron chi connectivity index (χ1n) is 9.53. The zero-order valence-corrected chi connectivity index (χ0v) is 17.8. The first-order chi connectivity index (χ1) is 14.3. The number of halogens is 2. The molecule has 2 atom stereocenters. The Bertz CT molecular complexity index is 1100. The minimum absolute atomic E-state index is 0.0230. The van der Waals surface area contributed by atoms with E-state index in [1.165, 1.54) is 22.8 Å². The molecule has 3 aromatic heterocycles. The summed E-state index contributed by atoms with van der Waals surface area (Å²) in [7, 11) is -3.41. The van der Waals surface area contributed by atoms with Crippen LogP contribution in [-0.4, -0.2) is 61.7 Å². The fourth-order valence-corrected chi connectivity index (χ4v) is 5.57. The molecule has 30 heavy (non-hydrogen) atoms. The highest BCUT2D eigenvalue weighted by Gasteiger charge is 2.35. The molecular weight excluding hydrogens is 433 g/mol. The van der Waals surface area contributed by atoms with Crippen molar-refractivity contribution in [2.45, 2.75) is 25.7 Å². The first kappa shape index (κ1) is 20.9. The number of piperidine rings is 1. The molecule has 0 aliphatic carbocycles. The monoisotopic (exact) mass is 453 g/mol. The van der Waals surface area contributed by atoms with Gasteiger partial charge in [0.05, 0.1) is 17.6 Å². The van der Waals surface area contributed by atoms with Gasteiger partial charge in [-0.2, -0.15) is 0 Å². The molecule has 1 saturated heterocycles. The van der Waals surface area contributed by atoms with Gasteiger partial charge in [0, 0.05) is 25.4 Å². The molecule has 0 spiro atoms. The normalized spacial score (nSPS) is 20.5. The Kier molecular flexibility index (Phi) is 5.85. The quantitative estimate of drug-likeness (QED) is 0.591. The highest BCUT2D eigenvalue weighted by Crippen LogP contribution is 2.37. The van der Waals surface area contributed by atoms with Gasteiger partial charge in [0.2, 0.25) is 10.0 Å². The van der Waals surface area contributed by atoms with Crippen LogP contribution in [0.1, 0.15) is 30.8 Å². The lowest BCUT2D eigenvalue weighted by Crippen LogP contribution is -2.43. The van der Waals surface area contributed by atoms with Gasteiger partial charge in [0.15, 0.2) is 11.0 Å². The van der Waals surface area contributed by atoms with Crippen molar-refractivity contribution in [1.29, 1.82) is 0 Å². The van der Waals surface area contributed by atoms with Crippen molar-refractivity contribution in [3.05, 3.63) is 47.1 Å². The van der Waals surface area contributed by atoms with E-state index in [0.717, 1.165) is 11.9 Å². The highest BCUT2D eigenvalue weighted by atomic mass is 35.5. The lowest BCUT2D eigenvalue weighted by atomic mass is 9.86. The van der Waals surface area contributed by atoms with Gasteiger partial charge in [-0.15, -0.1) is 10.2 Å². The molecule has 0 saturated carbocycles. The van der Waals surface area contributed by atoms with E-state index in [-0.39, 0.29) is 24.0 Å². The van der Waals surface area contributed by atoms with E-state index in [2.05, 4.69) is 30.1 Å². The smallest absolute Gasteiger partial charge is 0.214 e. The van der Waals surface area contributed by atoms with Crippen LogP contribution in [0.4, 0.5) is 4.39 Å². The number of aromatic nitrogens is 6. The summed E-state index contributed by atoms with van der Waals surface area (Å²) in [6.07, 6.45) is 3.45. The third-order valence-electron chi connectivity index (χ3n) is 5.35. The van der Waals surface area contributed by atoms with E-state index in [9.17, 15) is 12.8 Å². The average molecular weight is 454 g/mol. The molecule has 2 N–H and O–H groups in total. The van der Waals surface area contributed by atoms with Crippen LogP contribution in [0.3, 0.4) is 0 Å². The van der Waals surface area contributed by atoms with Crippen molar-refractivity contribution < 1.29 is 12.8 Å². The number of rotatable bonds is 6. The molecule has 1 aliphatic rings. The van der Waals surface area contributed by atoms with Crippen molar-refractivity contribution in [3.63, 3.8) is 0 Å². The van der Waals surface area contributed by atoms with Crippen molar-refractivity contribution in [1.82, 2.24) is 34.4 Å². The fourth-order valence-electron chi connectivity index (χ4n) is 3.74. The molecule has 0 unspecified atom stereocenters. The summed E-state index contributed by atoms with van der Waals surface area (Å²) in [5, 5.41) is 7.83. The molecule has 1 aliphatic heterocycles. The molecule has 0 amide bonds. The van der Waals surface area contributed by atoms with E-state index in [1.54, 1.807) is 0 Å². The van der Waals surface area contributed by atoms with Gasteiger partial charge in [0.1, 0.15) is 23.7 Å². The van der Waals surface area contributed by atoms with Gasteiger partial charge in [0.25, 0.3) is 0 Å². The molecule has 9 nitrogen and oxygen atoms in total. The molecule has 4 rings (SSSR count). The second-order valence-corrected chi connectivity index (χ2v) is 9.83. The van der Waals surface area contributed by atoms with Gasteiger partial charge in [-0.05, 0) is 24.5 Å². The van der Waals surface area contributed by atoms with Crippen molar-refractivity contribution in [3.8, 4) is 11.5 Å². The second-order valence-electron chi connectivity index (χ2n) is 7.38. The van der Waals surface area contributed by atoms with Gasteiger partial charge in [-0.3, -0.25) is 0 Å². The van der Waals surface area contributed by atoms with Gasteiger partial charge < -0.3 is 9.97 Å². The van der Waals surface area contributed by atoms with E-state index in [4.69, 9.17) is 11.6 Å². The predicted molar refractivity (Wildman–Crippen MR) is 109 cm³/mol. The lowest BCUT2D eigenvalue weighted by Gasteiger charge is -2.35. The van der Waals surface area contributed by atoms with Crippen LogP contribution in [0, 0.1) is 11.7 Å². The summed E-state index contributed by atoms with van der Waals surface area (Å²) >= 11 is 6.37. The minimum Gasteiger partial charge on any atom is -0.339 e. The first-order valence-corrected chi connectivity index (χ1v) is 11.5. The second kappa shape index (κ2) is 8.40. The number of aryl methyl sites for hydroxylation is 1. The molecule has 0 aromatic carbocycles. The minimum atomic E-state index is -3.41. The summed E-state index contributed by atoms with van der Waals surface area (Å²) in [6.45, 7) is 2.78. The lowest BCUT2D eigenvalue weighted by molar-refractivity contribution is 0.246. The number of hydrogen-bond donors (Lipinski definition) is 2. The highest BCUT2D eigenvalue weighted by molar-refractivity contribution is 7.89. The van der Waals surface area contributed by atoms with Crippen LogP contribution in [-0.2, 0) is 16.4 Å². The summed E-state index contributed by atoms with van der Waals surface area (Å²) < 4.78 is 40.1. The van der Waals surface area contributed by atoms with Crippen molar-refractivity contribution in [2.75, 3.05) is 18.8 Å². The molecule has 1 fully saturated rings. The van der Waals surface area contributed by atoms with Gasteiger partial charge in [-0.1, -0.05) is 18.5 Å². The topological polar surface area (TPSA) is 121 Å². The SMILES string of the molecule is C[C@H]1CN(S(=O)(=O)CCc2nnc[nH]2)CC[C@H]1c1[nH]c(-c2ccc(F)cn2)nc1Cl. The van der Waals surface area contributed by atoms with Crippen LogP contribution < -0.4 is 0 Å². The Hall–Kier alpha value is -2.37. The zero-order valence-electron chi connectivity index (χ0n) is 16.2. The van der Waals surface area contributed by atoms with E-state index in [1.807, 2.05) is 6.92 Å². The molecular formula is C18H21ClFN7O2S. The Balaban J connectivity index is 1.45. The number of pyridine rings is 1. The maximum absolute atomic E-state index is 13.1. The third kappa shape index (κ3) is 4.37. The van der Waals surface area contributed by atoms with Crippen LogP contribution in [0.15, 0.2) is 24.7 Å². The molecule has 12 heteroatoms. The Morgan fingerprint density at radius 2 is 2.20 bits per heavy atom. The summed E-state index contributed by atoms with van der Waals surface area (Å²) in [4.78, 5) is 14.4. The molecule has 0 radical (unpaired) electrons. The van der Waals surface area contributed by atoms with Crippen molar-refractivity contribution >= 4 is 21.6 Å². The number of hydrogen-bond acceptors (Lipinski definition) is 6. The molecule has 160 valence electrons. The number of sulfonamides is 1. The maximum atomic E-state index is 13.1. The summed E-state index contributed by atoms with van der Waals surface area (Å²) in [5.41, 5.74) is 1.24. The van der Waals surface area contributed by atoms with Crippen LogP contribution in [0.2, 0.25) is 5.15 Å². The summed E-state index contributed by atoms with van der Waals surface area (Å²) in [6, 6.07) is 2.84. The Morgan fingerprint density at radius 3 is 2.87 bits per heavy atom. The van der Waals surface area contributed by atoms with Crippen LogP contribution in [0.5, 0.6) is 0 Å². The number of nitrogens with one attached hydrogen (secondary N) is 2. The maximum Gasteiger partial charge on any atom is 0.214 e. The standard InChI is InChI=1S/C18H21ClFN7O2S/c1-11-9-27(30(28,29)7-5-15-22-10-23-26-15)6-4-13(11)16-17(19)25-18(24-16)14-3-2-12(20)8-21-14/h2-3,8,10-11,13H,4-7,9H2,1H3,(H,24,25)(H,22,23,26)/t11-,13+/m0/s1. The number of H-pyrrole nitrogens is 2. The van der Waals surface area contributed by atoms with Gasteiger partial charge in [-0.25, -0.2) is 27.1 Å². The van der Waals surface area contributed by atoms with E-state index in [0.29, 0.717) is 42.0 Å². The van der Waals surface area contributed by atoms with Gasteiger partial charge >= 0.3 is 0 Å². The van der Waals surface area contributed by atoms with Crippen LogP contribution in [0.25, 0.3) is 11.5 Å². The fraction of sp³-hybridized carbons (Fsp3) is 0.444. The zero-order chi connectivity index (χ0) is 21.3. The average Bonchev–Trinajstić information content (AvgIpc) is 3.37. The van der Waals surface area contributed by atoms with Crippen molar-refractivity contribution in [2.24, 2.45) is 5.92 Å². The Morgan fingerprint density at radius 1 is 1.37 bits per heavy atom. The van der Waals surface area contributed by atoms with E-state index >= 15 is 0 Å². The van der Waals surface area contributed by atoms with E-state index < -0.39 is 15.8 Å². The van der Waals surface area contributed by atoms with Crippen LogP contribution >= 0.6 is 11.6 Å². The molecule has 3 aromatic rings. The number of aromatic amines is 2. The largest absolute Gasteiger partial charge is 0.339 e.